The van der Waals surface area contributed by atoms with E-state index < -0.39 is 0 Å². The first kappa shape index (κ1) is 23.1. The summed E-state index contributed by atoms with van der Waals surface area (Å²) in [5.74, 6) is 1.07. The molecule has 0 saturated heterocycles. The van der Waals surface area contributed by atoms with Crippen LogP contribution >= 0.6 is 0 Å². The molecule has 0 aliphatic carbocycles. The lowest BCUT2D eigenvalue weighted by molar-refractivity contribution is 0.262. The molecule has 1 heterocycles. The quantitative estimate of drug-likeness (QED) is 0.325. The second-order valence-corrected chi connectivity index (χ2v) is 9.18. The number of para-hydroxylation sites is 1. The van der Waals surface area contributed by atoms with Crippen molar-refractivity contribution in [2.45, 2.75) is 33.1 Å². The van der Waals surface area contributed by atoms with E-state index in [2.05, 4.69) is 48.5 Å². The molecule has 5 heteroatoms. The van der Waals surface area contributed by atoms with Crippen LogP contribution in [0.1, 0.15) is 31.9 Å². The van der Waals surface area contributed by atoms with E-state index in [9.17, 15) is 4.79 Å². The lowest BCUT2D eigenvalue weighted by Gasteiger charge is -2.23. The zero-order valence-corrected chi connectivity index (χ0v) is 19.9. The molecule has 4 rings (SSSR count). The normalized spacial score (nSPS) is 11.1. The van der Waals surface area contributed by atoms with Gasteiger partial charge in [0.25, 0.3) is 0 Å². The number of nitrogens with zero attached hydrogens (tertiary/aromatic N) is 1. The van der Waals surface area contributed by atoms with Crippen molar-refractivity contribution in [2.75, 3.05) is 10.6 Å². The largest absolute Gasteiger partial charge is 0.437 e. The molecule has 0 saturated carbocycles. The van der Waals surface area contributed by atoms with Crippen LogP contribution in [0.3, 0.4) is 0 Å². The first-order valence-corrected chi connectivity index (χ1v) is 11.3. The molecule has 172 valence electrons. The minimum Gasteiger partial charge on any atom is -0.437 e. The van der Waals surface area contributed by atoms with Gasteiger partial charge in [0.15, 0.2) is 0 Å². The van der Waals surface area contributed by atoms with Crippen LogP contribution in [0.2, 0.25) is 0 Å². The molecule has 5 nitrogen and oxygen atoms in total. The van der Waals surface area contributed by atoms with Gasteiger partial charge in [-0.05, 0) is 53.3 Å². The average molecular weight is 452 g/mol. The van der Waals surface area contributed by atoms with E-state index in [1.807, 2.05) is 79.7 Å². The SMILES string of the molecule is Cc1ccnc(Oc2ccccc2C(C)(C)C)c1NC(=O)Nc1ccc(-c2ccccc2)cc1. The fraction of sp³-hybridized carbons (Fsp3) is 0.172. The Morgan fingerprint density at radius 1 is 0.794 bits per heavy atom. The Labute approximate surface area is 200 Å². The molecule has 2 N–H and O–H groups in total. The Bertz CT molecular complexity index is 1280. The predicted molar refractivity (Wildman–Crippen MR) is 139 cm³/mol. The molecule has 2 amide bonds. The molecule has 0 atom stereocenters. The van der Waals surface area contributed by atoms with E-state index in [0.717, 1.165) is 22.3 Å². The first-order valence-electron chi connectivity index (χ1n) is 11.3. The van der Waals surface area contributed by atoms with E-state index in [1.54, 1.807) is 6.20 Å². The van der Waals surface area contributed by atoms with Crippen molar-refractivity contribution < 1.29 is 9.53 Å². The van der Waals surface area contributed by atoms with Gasteiger partial charge in [-0.2, -0.15) is 0 Å². The van der Waals surface area contributed by atoms with Crippen molar-refractivity contribution in [1.29, 1.82) is 0 Å². The van der Waals surface area contributed by atoms with Crippen molar-refractivity contribution >= 4 is 17.4 Å². The maximum atomic E-state index is 12.8. The number of rotatable bonds is 5. The average Bonchev–Trinajstić information content (AvgIpc) is 2.82. The van der Waals surface area contributed by atoms with Crippen LogP contribution < -0.4 is 15.4 Å². The van der Waals surface area contributed by atoms with E-state index in [1.165, 1.54) is 0 Å². The highest BCUT2D eigenvalue weighted by atomic mass is 16.5. The van der Waals surface area contributed by atoms with Gasteiger partial charge in [-0.25, -0.2) is 9.78 Å². The number of hydrogen-bond acceptors (Lipinski definition) is 3. The van der Waals surface area contributed by atoms with Crippen molar-refractivity contribution in [2.24, 2.45) is 0 Å². The zero-order valence-electron chi connectivity index (χ0n) is 19.9. The van der Waals surface area contributed by atoms with E-state index in [0.29, 0.717) is 23.0 Å². The van der Waals surface area contributed by atoms with Crippen molar-refractivity contribution in [3.8, 4) is 22.8 Å². The van der Waals surface area contributed by atoms with Crippen LogP contribution in [0.4, 0.5) is 16.2 Å². The monoisotopic (exact) mass is 451 g/mol. The predicted octanol–water partition coefficient (Wildman–Crippen LogP) is 7.79. The number of aromatic nitrogens is 1. The number of urea groups is 1. The molecular weight excluding hydrogens is 422 g/mol. The highest BCUT2D eigenvalue weighted by Crippen LogP contribution is 2.36. The van der Waals surface area contributed by atoms with Gasteiger partial charge in [-0.15, -0.1) is 0 Å². The lowest BCUT2D eigenvalue weighted by Crippen LogP contribution is -2.20. The molecule has 0 spiro atoms. The van der Waals surface area contributed by atoms with Gasteiger partial charge < -0.3 is 15.4 Å². The summed E-state index contributed by atoms with van der Waals surface area (Å²) >= 11 is 0. The number of carbonyl (C=O) groups excluding carboxylic acids is 1. The van der Waals surface area contributed by atoms with Gasteiger partial charge in [0.1, 0.15) is 11.4 Å². The highest BCUT2D eigenvalue weighted by molar-refractivity contribution is 6.01. The summed E-state index contributed by atoms with van der Waals surface area (Å²) in [5, 5.41) is 5.80. The summed E-state index contributed by atoms with van der Waals surface area (Å²) in [6.45, 7) is 8.31. The minimum atomic E-state index is -0.363. The minimum absolute atomic E-state index is 0.0999. The van der Waals surface area contributed by atoms with E-state index in [4.69, 9.17) is 4.74 Å². The number of aryl methyl sites for hydroxylation is 1. The fourth-order valence-electron chi connectivity index (χ4n) is 3.69. The van der Waals surface area contributed by atoms with Gasteiger partial charge in [0.2, 0.25) is 5.88 Å². The second kappa shape index (κ2) is 9.79. The van der Waals surface area contributed by atoms with Crippen molar-refractivity contribution in [3.63, 3.8) is 0 Å². The summed E-state index contributed by atoms with van der Waals surface area (Å²) in [5.41, 5.74) is 5.26. The molecule has 0 aliphatic rings. The zero-order chi connectivity index (χ0) is 24.1. The molecule has 0 radical (unpaired) electrons. The summed E-state index contributed by atoms with van der Waals surface area (Å²) in [7, 11) is 0. The summed E-state index contributed by atoms with van der Waals surface area (Å²) < 4.78 is 6.21. The maximum Gasteiger partial charge on any atom is 0.323 e. The highest BCUT2D eigenvalue weighted by Gasteiger charge is 2.21. The number of carbonyl (C=O) groups is 1. The molecule has 1 aromatic heterocycles. The Morgan fingerprint density at radius 3 is 2.15 bits per heavy atom. The van der Waals surface area contributed by atoms with E-state index in [-0.39, 0.29) is 11.4 Å². The third-order valence-electron chi connectivity index (χ3n) is 5.51. The number of nitrogens with one attached hydrogen (secondary N) is 2. The third kappa shape index (κ3) is 5.44. The maximum absolute atomic E-state index is 12.8. The number of benzene rings is 3. The van der Waals surface area contributed by atoms with Crippen LogP contribution in [-0.4, -0.2) is 11.0 Å². The van der Waals surface area contributed by atoms with Gasteiger partial charge in [0, 0.05) is 17.4 Å². The Balaban J connectivity index is 1.51. The summed E-state index contributed by atoms with van der Waals surface area (Å²) in [4.78, 5) is 17.2. The van der Waals surface area contributed by atoms with E-state index >= 15 is 0 Å². The summed E-state index contributed by atoms with van der Waals surface area (Å²) in [6.07, 6.45) is 1.68. The molecule has 0 unspecified atom stereocenters. The van der Waals surface area contributed by atoms with Crippen molar-refractivity contribution in [1.82, 2.24) is 4.98 Å². The summed E-state index contributed by atoms with van der Waals surface area (Å²) in [6, 6.07) is 27.2. The fourth-order valence-corrected chi connectivity index (χ4v) is 3.69. The Kier molecular flexibility index (Phi) is 6.64. The molecule has 4 aromatic rings. The number of pyridine rings is 1. The molecular formula is C29H29N3O2. The third-order valence-corrected chi connectivity index (χ3v) is 5.51. The van der Waals surface area contributed by atoms with Crippen LogP contribution in [-0.2, 0) is 5.41 Å². The van der Waals surface area contributed by atoms with Gasteiger partial charge in [-0.3, -0.25) is 0 Å². The first-order chi connectivity index (χ1) is 16.3. The lowest BCUT2D eigenvalue weighted by atomic mass is 9.86. The number of hydrogen-bond donors (Lipinski definition) is 2. The van der Waals surface area contributed by atoms with Crippen LogP contribution in [0, 0.1) is 6.92 Å². The Morgan fingerprint density at radius 2 is 1.44 bits per heavy atom. The molecule has 34 heavy (non-hydrogen) atoms. The molecule has 3 aromatic carbocycles. The van der Waals surface area contributed by atoms with Crippen LogP contribution in [0.5, 0.6) is 11.6 Å². The van der Waals surface area contributed by atoms with Crippen LogP contribution in [0.15, 0.2) is 91.1 Å². The van der Waals surface area contributed by atoms with Gasteiger partial charge >= 0.3 is 6.03 Å². The van der Waals surface area contributed by atoms with Crippen molar-refractivity contribution in [3.05, 3.63) is 102 Å². The second-order valence-electron chi connectivity index (χ2n) is 9.18. The number of ether oxygens (including phenoxy) is 1. The molecule has 0 fully saturated rings. The number of anilines is 2. The Hall–Kier alpha value is -4.12. The smallest absolute Gasteiger partial charge is 0.323 e. The van der Waals surface area contributed by atoms with Gasteiger partial charge in [-0.1, -0.05) is 81.4 Å². The molecule has 0 bridgehead atoms. The van der Waals surface area contributed by atoms with Crippen LogP contribution in [0.25, 0.3) is 11.1 Å². The molecule has 0 aliphatic heterocycles. The number of amides is 2. The topological polar surface area (TPSA) is 63.2 Å². The standard InChI is InChI=1S/C29H29N3O2/c1-20-18-19-30-27(34-25-13-9-8-12-24(25)29(2,3)4)26(20)32-28(33)31-23-16-14-22(15-17-23)21-10-6-5-7-11-21/h5-19H,1-4H3,(H2,31,32,33). The van der Waals surface area contributed by atoms with Gasteiger partial charge in [0.05, 0.1) is 0 Å².